The minimum atomic E-state index is 0.0275. The van der Waals surface area contributed by atoms with Gasteiger partial charge in [0, 0.05) is 24.3 Å². The lowest BCUT2D eigenvalue weighted by Gasteiger charge is -2.33. The molecule has 162 valence electrons. The van der Waals surface area contributed by atoms with Gasteiger partial charge < -0.3 is 10.0 Å². The molecule has 1 saturated heterocycles. The number of rotatable bonds is 4. The Labute approximate surface area is 186 Å². The Morgan fingerprint density at radius 3 is 2.72 bits per heavy atom. The van der Waals surface area contributed by atoms with Crippen LogP contribution in [-0.4, -0.2) is 44.2 Å². The highest BCUT2D eigenvalue weighted by atomic mass is 16.3. The van der Waals surface area contributed by atoms with Crippen molar-refractivity contribution in [3.05, 3.63) is 77.5 Å². The molecule has 1 atom stereocenters. The van der Waals surface area contributed by atoms with E-state index in [0.29, 0.717) is 22.8 Å². The minimum Gasteiger partial charge on any atom is -0.508 e. The summed E-state index contributed by atoms with van der Waals surface area (Å²) in [7, 11) is 0. The summed E-state index contributed by atoms with van der Waals surface area (Å²) in [6.45, 7) is 3.44. The fourth-order valence-corrected chi connectivity index (χ4v) is 4.66. The molecule has 2 aromatic heterocycles. The van der Waals surface area contributed by atoms with Crippen molar-refractivity contribution in [1.29, 1.82) is 0 Å². The number of benzene rings is 2. The van der Waals surface area contributed by atoms with Gasteiger partial charge in [-0.25, -0.2) is 4.98 Å². The number of carbonyl (C=O) groups is 1. The molecule has 6 heteroatoms. The zero-order chi connectivity index (χ0) is 22.1. The highest BCUT2D eigenvalue weighted by Gasteiger charge is 2.27. The number of H-pyrrole nitrogens is 1. The van der Waals surface area contributed by atoms with E-state index in [1.807, 2.05) is 24.0 Å². The number of likely N-dealkylation sites (tertiary alicyclic amines) is 1. The summed E-state index contributed by atoms with van der Waals surface area (Å²) in [4.78, 5) is 20.4. The van der Waals surface area contributed by atoms with E-state index >= 15 is 0 Å². The van der Waals surface area contributed by atoms with Gasteiger partial charge in [-0.2, -0.15) is 5.10 Å². The standard InChI is InChI=1S/C26H26N4O2/c1-17-24-22(15-23(27-25(24)29-28-17)20-9-11-21(31)12-10-20)26(32)30-13-5-8-19(16-30)14-18-6-3-2-4-7-18/h2-4,6-7,9-12,15,19,31H,5,8,13-14,16H2,1H3,(H,27,28,29). The molecule has 4 aromatic rings. The van der Waals surface area contributed by atoms with E-state index < -0.39 is 0 Å². The van der Waals surface area contributed by atoms with Crippen LogP contribution in [0.4, 0.5) is 0 Å². The number of aromatic amines is 1. The monoisotopic (exact) mass is 426 g/mol. The molecule has 1 amide bonds. The smallest absolute Gasteiger partial charge is 0.254 e. The normalized spacial score (nSPS) is 16.4. The number of amides is 1. The Morgan fingerprint density at radius 1 is 1.16 bits per heavy atom. The van der Waals surface area contributed by atoms with Gasteiger partial charge in [-0.3, -0.25) is 9.89 Å². The van der Waals surface area contributed by atoms with Crippen molar-refractivity contribution in [2.75, 3.05) is 13.1 Å². The molecule has 2 N–H and O–H groups in total. The molecule has 2 aromatic carbocycles. The highest BCUT2D eigenvalue weighted by Crippen LogP contribution is 2.29. The van der Waals surface area contributed by atoms with Crippen LogP contribution in [0.2, 0.25) is 0 Å². The fourth-order valence-electron chi connectivity index (χ4n) is 4.66. The van der Waals surface area contributed by atoms with Gasteiger partial charge in [-0.15, -0.1) is 0 Å². The van der Waals surface area contributed by atoms with Crippen LogP contribution in [0.15, 0.2) is 60.7 Å². The van der Waals surface area contributed by atoms with Crippen molar-refractivity contribution in [2.45, 2.75) is 26.2 Å². The molecule has 3 heterocycles. The van der Waals surface area contributed by atoms with Gasteiger partial charge in [0.1, 0.15) is 5.75 Å². The van der Waals surface area contributed by atoms with Gasteiger partial charge in [-0.1, -0.05) is 30.3 Å². The molecule has 1 fully saturated rings. The molecule has 0 saturated carbocycles. The quantitative estimate of drug-likeness (QED) is 0.494. The first-order valence-electron chi connectivity index (χ1n) is 11.1. The lowest BCUT2D eigenvalue weighted by Crippen LogP contribution is -2.40. The van der Waals surface area contributed by atoms with Gasteiger partial charge in [0.05, 0.1) is 16.6 Å². The average Bonchev–Trinajstić information content (AvgIpc) is 3.20. The third-order valence-electron chi connectivity index (χ3n) is 6.27. The van der Waals surface area contributed by atoms with E-state index in [9.17, 15) is 9.90 Å². The molecule has 5 rings (SSSR count). The summed E-state index contributed by atoms with van der Waals surface area (Å²) in [5.41, 5.74) is 4.83. The second kappa shape index (κ2) is 8.46. The van der Waals surface area contributed by atoms with Crippen LogP contribution < -0.4 is 0 Å². The van der Waals surface area contributed by atoms with E-state index in [4.69, 9.17) is 0 Å². The summed E-state index contributed by atoms with van der Waals surface area (Å²) in [5.74, 6) is 0.675. The van der Waals surface area contributed by atoms with Crippen molar-refractivity contribution in [1.82, 2.24) is 20.1 Å². The Balaban J connectivity index is 1.47. The van der Waals surface area contributed by atoms with Crippen LogP contribution in [0.5, 0.6) is 5.75 Å². The number of pyridine rings is 1. The number of hydrogen-bond acceptors (Lipinski definition) is 4. The number of hydrogen-bond donors (Lipinski definition) is 2. The maximum atomic E-state index is 13.7. The van der Waals surface area contributed by atoms with Crippen molar-refractivity contribution in [2.24, 2.45) is 5.92 Å². The number of nitrogens with one attached hydrogen (secondary N) is 1. The Kier molecular flexibility index (Phi) is 5.35. The van der Waals surface area contributed by atoms with Gasteiger partial charge >= 0.3 is 0 Å². The summed E-state index contributed by atoms with van der Waals surface area (Å²) in [5, 5.41) is 17.7. The van der Waals surface area contributed by atoms with E-state index in [1.165, 1.54) is 5.56 Å². The third-order valence-corrected chi connectivity index (χ3v) is 6.27. The number of fused-ring (bicyclic) bond motifs is 1. The number of phenols is 1. The summed E-state index contributed by atoms with van der Waals surface area (Å²) in [6.07, 6.45) is 3.13. The second-order valence-electron chi connectivity index (χ2n) is 8.60. The van der Waals surface area contributed by atoms with Gasteiger partial charge in [0.25, 0.3) is 5.91 Å². The van der Waals surface area contributed by atoms with Crippen molar-refractivity contribution in [3.63, 3.8) is 0 Å². The van der Waals surface area contributed by atoms with Gasteiger partial charge in [0.2, 0.25) is 0 Å². The molecule has 1 unspecified atom stereocenters. The van der Waals surface area contributed by atoms with Gasteiger partial charge in [-0.05, 0) is 68.0 Å². The molecule has 32 heavy (non-hydrogen) atoms. The summed E-state index contributed by atoms with van der Waals surface area (Å²) < 4.78 is 0. The molecule has 0 radical (unpaired) electrons. The highest BCUT2D eigenvalue weighted by molar-refractivity contribution is 6.07. The molecule has 1 aliphatic rings. The minimum absolute atomic E-state index is 0.0275. The number of aryl methyl sites for hydroxylation is 1. The number of carbonyl (C=O) groups excluding carboxylic acids is 1. The Morgan fingerprint density at radius 2 is 1.94 bits per heavy atom. The van der Waals surface area contributed by atoms with E-state index in [0.717, 1.165) is 49.0 Å². The van der Waals surface area contributed by atoms with Crippen molar-refractivity contribution >= 4 is 16.9 Å². The van der Waals surface area contributed by atoms with E-state index in [2.05, 4.69) is 39.4 Å². The predicted octanol–water partition coefficient (Wildman–Crippen LogP) is 4.73. The Bertz CT molecular complexity index is 1250. The number of aromatic nitrogens is 3. The third kappa shape index (κ3) is 3.96. The number of piperidine rings is 1. The van der Waals surface area contributed by atoms with Crippen LogP contribution in [0.3, 0.4) is 0 Å². The first-order valence-corrected chi connectivity index (χ1v) is 11.1. The maximum Gasteiger partial charge on any atom is 0.254 e. The van der Waals surface area contributed by atoms with Crippen LogP contribution in [0.1, 0.15) is 34.5 Å². The van der Waals surface area contributed by atoms with Gasteiger partial charge in [0.15, 0.2) is 5.65 Å². The lowest BCUT2D eigenvalue weighted by molar-refractivity contribution is 0.0675. The lowest BCUT2D eigenvalue weighted by atomic mass is 9.91. The van der Waals surface area contributed by atoms with Crippen molar-refractivity contribution in [3.8, 4) is 17.0 Å². The van der Waals surface area contributed by atoms with Crippen LogP contribution in [0, 0.1) is 12.8 Å². The molecule has 0 spiro atoms. The predicted molar refractivity (Wildman–Crippen MR) is 125 cm³/mol. The Hall–Kier alpha value is -3.67. The number of phenolic OH excluding ortho intramolecular Hbond substituents is 1. The molecule has 6 nitrogen and oxygen atoms in total. The van der Waals surface area contributed by atoms with Crippen LogP contribution >= 0.6 is 0 Å². The molecular weight excluding hydrogens is 400 g/mol. The fraction of sp³-hybridized carbons (Fsp3) is 0.269. The molecule has 1 aliphatic heterocycles. The second-order valence-corrected chi connectivity index (χ2v) is 8.60. The largest absolute Gasteiger partial charge is 0.508 e. The molecule has 0 bridgehead atoms. The number of aromatic hydroxyl groups is 1. The molecular formula is C26H26N4O2. The number of nitrogens with zero attached hydrogens (tertiary/aromatic N) is 3. The first-order chi connectivity index (χ1) is 15.6. The molecule has 0 aliphatic carbocycles. The van der Waals surface area contributed by atoms with Crippen molar-refractivity contribution < 1.29 is 9.90 Å². The van der Waals surface area contributed by atoms with E-state index in [-0.39, 0.29) is 11.7 Å². The zero-order valence-electron chi connectivity index (χ0n) is 18.1. The summed E-state index contributed by atoms with van der Waals surface area (Å²) >= 11 is 0. The first kappa shape index (κ1) is 20.2. The maximum absolute atomic E-state index is 13.7. The summed E-state index contributed by atoms with van der Waals surface area (Å²) in [6, 6.07) is 19.2. The SMILES string of the molecule is Cc1[nH]nc2nc(-c3ccc(O)cc3)cc(C(=O)N3CCCC(Cc4ccccc4)C3)c12. The zero-order valence-corrected chi connectivity index (χ0v) is 18.1. The van der Waals surface area contributed by atoms with Crippen LogP contribution in [-0.2, 0) is 6.42 Å². The average molecular weight is 427 g/mol. The van der Waals surface area contributed by atoms with E-state index in [1.54, 1.807) is 24.3 Å². The van der Waals surface area contributed by atoms with Crippen LogP contribution in [0.25, 0.3) is 22.3 Å². The topological polar surface area (TPSA) is 82.1 Å².